The Morgan fingerprint density at radius 2 is 1.44 bits per heavy atom. The van der Waals surface area contributed by atoms with Crippen molar-refractivity contribution in [1.82, 2.24) is 0 Å². The fraction of sp³-hybridized carbons (Fsp3) is 0. The monoisotopic (exact) mass is 395 g/mol. The van der Waals surface area contributed by atoms with Gasteiger partial charge in [0.2, 0.25) is 0 Å². The third-order valence-electron chi connectivity index (χ3n) is 3.51. The summed E-state index contributed by atoms with van der Waals surface area (Å²) in [5, 5.41) is 10.4. The van der Waals surface area contributed by atoms with Gasteiger partial charge in [-0.25, -0.2) is 0 Å². The smallest absolute Gasteiger partial charge is 0.153 e. The third-order valence-corrected chi connectivity index (χ3v) is 3.97. The summed E-state index contributed by atoms with van der Waals surface area (Å²) >= 11 is 3.31. The van der Waals surface area contributed by atoms with Gasteiger partial charge in [0.1, 0.15) is 11.2 Å². The molecule has 0 unspecified atom stereocenters. The van der Waals surface area contributed by atoms with Crippen LogP contribution in [0.1, 0.15) is 26.3 Å². The minimum Gasteiger partial charge on any atom is -0.464 e. The van der Waals surface area contributed by atoms with Crippen molar-refractivity contribution in [1.29, 1.82) is 5.26 Å². The molecule has 2 aromatic carbocycles. The predicted molar refractivity (Wildman–Crippen MR) is 95.6 cm³/mol. The second-order valence-electron chi connectivity index (χ2n) is 5.09. The fourth-order valence-electron chi connectivity index (χ4n) is 2.42. The number of nitriles is 1. The number of benzene rings is 2. The van der Waals surface area contributed by atoms with Gasteiger partial charge in [-0.2, -0.15) is 5.26 Å². The van der Waals surface area contributed by atoms with Crippen LogP contribution in [0.5, 0.6) is 0 Å². The number of hydrogen-bond acceptors (Lipinski definition) is 5. The van der Waals surface area contributed by atoms with Gasteiger partial charge in [-0.1, -0.05) is 15.9 Å². The minimum atomic E-state index is 0.416. The highest BCUT2D eigenvalue weighted by molar-refractivity contribution is 9.10. The molecule has 6 heteroatoms. The SMILES string of the molecule is N#Cc1cc(C=O)c2occc2c1.O=Cc1cc(Br)cc2ccoc12. The summed E-state index contributed by atoms with van der Waals surface area (Å²) in [6.07, 6.45) is 4.55. The van der Waals surface area contributed by atoms with E-state index in [-0.39, 0.29) is 0 Å². The molecule has 0 atom stereocenters. The van der Waals surface area contributed by atoms with E-state index in [0.29, 0.717) is 34.1 Å². The Labute approximate surface area is 150 Å². The molecule has 122 valence electrons. The lowest BCUT2D eigenvalue weighted by Gasteiger charge is -1.94. The van der Waals surface area contributed by atoms with Gasteiger partial charge in [0.25, 0.3) is 0 Å². The van der Waals surface area contributed by atoms with E-state index in [1.54, 1.807) is 24.5 Å². The van der Waals surface area contributed by atoms with Gasteiger partial charge in [-0.3, -0.25) is 9.59 Å². The zero-order valence-electron chi connectivity index (χ0n) is 12.7. The molecule has 25 heavy (non-hydrogen) atoms. The van der Waals surface area contributed by atoms with Crippen molar-refractivity contribution in [2.45, 2.75) is 0 Å². The Hall–Kier alpha value is -3.17. The largest absolute Gasteiger partial charge is 0.464 e. The summed E-state index contributed by atoms with van der Waals surface area (Å²) in [6.45, 7) is 0. The lowest BCUT2D eigenvalue weighted by molar-refractivity contribution is 0.111. The van der Waals surface area contributed by atoms with E-state index >= 15 is 0 Å². The van der Waals surface area contributed by atoms with Crippen molar-refractivity contribution in [2.24, 2.45) is 0 Å². The van der Waals surface area contributed by atoms with Crippen molar-refractivity contribution >= 4 is 50.4 Å². The minimum absolute atomic E-state index is 0.416. The molecular weight excluding hydrogens is 386 g/mol. The molecule has 4 aromatic rings. The molecule has 0 N–H and O–H groups in total. The summed E-state index contributed by atoms with van der Waals surface area (Å²) in [5.41, 5.74) is 2.64. The molecular formula is C19H10BrNO4. The van der Waals surface area contributed by atoms with Crippen molar-refractivity contribution in [3.8, 4) is 6.07 Å². The topological polar surface area (TPSA) is 84.2 Å². The maximum atomic E-state index is 10.6. The Morgan fingerprint density at radius 1 is 0.880 bits per heavy atom. The zero-order valence-corrected chi connectivity index (χ0v) is 14.3. The van der Waals surface area contributed by atoms with E-state index in [1.807, 2.05) is 18.2 Å². The molecule has 2 aromatic heterocycles. The number of fused-ring (bicyclic) bond motifs is 2. The average molecular weight is 396 g/mol. The molecule has 0 radical (unpaired) electrons. The van der Waals surface area contributed by atoms with E-state index < -0.39 is 0 Å². The van der Waals surface area contributed by atoms with Crippen LogP contribution in [0.3, 0.4) is 0 Å². The Kier molecular flexibility index (Phi) is 4.78. The number of furan rings is 2. The molecule has 0 bridgehead atoms. The van der Waals surface area contributed by atoms with Crippen LogP contribution in [-0.2, 0) is 0 Å². The summed E-state index contributed by atoms with van der Waals surface area (Å²) in [6, 6.07) is 12.4. The van der Waals surface area contributed by atoms with Gasteiger partial charge in [-0.05, 0) is 36.4 Å². The molecule has 0 saturated carbocycles. The van der Waals surface area contributed by atoms with Gasteiger partial charge in [0.05, 0.1) is 35.3 Å². The quantitative estimate of drug-likeness (QED) is 0.439. The predicted octanol–water partition coefficient (Wildman–Crippen LogP) is 5.12. The standard InChI is InChI=1S/C10H5NO2.C9H5BrO2/c11-5-7-3-8-1-2-13-10(8)9(4-7)6-12;10-8-3-6-1-2-12-9(6)7(4-8)5-11/h1-4,6H;1-5H. The second-order valence-corrected chi connectivity index (χ2v) is 6.00. The molecule has 0 aliphatic rings. The number of nitrogens with zero attached hydrogens (tertiary/aromatic N) is 1. The summed E-state index contributed by atoms with van der Waals surface area (Å²) in [5.74, 6) is 0. The van der Waals surface area contributed by atoms with E-state index in [1.165, 1.54) is 12.3 Å². The van der Waals surface area contributed by atoms with Gasteiger partial charge in [0.15, 0.2) is 12.6 Å². The summed E-state index contributed by atoms with van der Waals surface area (Å²) < 4.78 is 11.1. The normalized spacial score (nSPS) is 10.1. The van der Waals surface area contributed by atoms with Crippen LogP contribution in [0.4, 0.5) is 0 Å². The van der Waals surface area contributed by atoms with Gasteiger partial charge < -0.3 is 8.83 Å². The average Bonchev–Trinajstić information content (AvgIpc) is 3.29. The van der Waals surface area contributed by atoms with Crippen molar-refractivity contribution in [2.75, 3.05) is 0 Å². The van der Waals surface area contributed by atoms with Crippen molar-refractivity contribution in [3.05, 3.63) is 70.1 Å². The first-order valence-electron chi connectivity index (χ1n) is 7.14. The van der Waals surface area contributed by atoms with Gasteiger partial charge in [0, 0.05) is 15.2 Å². The molecule has 0 fully saturated rings. The third kappa shape index (κ3) is 3.37. The van der Waals surface area contributed by atoms with E-state index in [2.05, 4.69) is 15.9 Å². The molecule has 0 aliphatic heterocycles. The van der Waals surface area contributed by atoms with Crippen molar-refractivity contribution < 1.29 is 18.4 Å². The van der Waals surface area contributed by atoms with Crippen LogP contribution in [0.15, 0.2) is 62.2 Å². The highest BCUT2D eigenvalue weighted by atomic mass is 79.9. The van der Waals surface area contributed by atoms with Crippen LogP contribution >= 0.6 is 15.9 Å². The van der Waals surface area contributed by atoms with E-state index in [9.17, 15) is 9.59 Å². The zero-order chi connectivity index (χ0) is 17.8. The Morgan fingerprint density at radius 3 is 2.00 bits per heavy atom. The van der Waals surface area contributed by atoms with Crippen LogP contribution in [0.25, 0.3) is 21.9 Å². The first-order valence-corrected chi connectivity index (χ1v) is 7.94. The van der Waals surface area contributed by atoms with Gasteiger partial charge in [-0.15, -0.1) is 0 Å². The van der Waals surface area contributed by atoms with Crippen LogP contribution in [0.2, 0.25) is 0 Å². The van der Waals surface area contributed by atoms with Crippen LogP contribution in [-0.4, -0.2) is 12.6 Å². The summed E-state index contributed by atoms with van der Waals surface area (Å²) in [4.78, 5) is 21.2. The molecule has 2 heterocycles. The van der Waals surface area contributed by atoms with Crippen molar-refractivity contribution in [3.63, 3.8) is 0 Å². The number of carbonyl (C=O) groups is 2. The molecule has 4 rings (SSSR count). The fourth-order valence-corrected chi connectivity index (χ4v) is 2.91. The first kappa shape index (κ1) is 16.7. The molecule has 0 spiro atoms. The highest BCUT2D eigenvalue weighted by Crippen LogP contribution is 2.24. The Bertz CT molecular complexity index is 1120. The van der Waals surface area contributed by atoms with Gasteiger partial charge >= 0.3 is 0 Å². The number of carbonyl (C=O) groups excluding carboxylic acids is 2. The lowest BCUT2D eigenvalue weighted by atomic mass is 10.1. The number of rotatable bonds is 2. The highest BCUT2D eigenvalue weighted by Gasteiger charge is 2.05. The number of aldehydes is 2. The molecule has 0 aliphatic carbocycles. The molecule has 0 saturated heterocycles. The van der Waals surface area contributed by atoms with Crippen LogP contribution in [0, 0.1) is 11.3 Å². The summed E-state index contributed by atoms with van der Waals surface area (Å²) in [7, 11) is 0. The van der Waals surface area contributed by atoms with E-state index in [0.717, 1.165) is 21.5 Å². The first-order chi connectivity index (χ1) is 12.2. The molecule has 5 nitrogen and oxygen atoms in total. The Balaban J connectivity index is 0.000000146. The maximum Gasteiger partial charge on any atom is 0.153 e. The van der Waals surface area contributed by atoms with Crippen LogP contribution < -0.4 is 0 Å². The number of hydrogen-bond donors (Lipinski definition) is 0. The molecule has 0 amide bonds. The van der Waals surface area contributed by atoms with E-state index in [4.69, 9.17) is 14.1 Å². The second kappa shape index (κ2) is 7.16. The lowest BCUT2D eigenvalue weighted by Crippen LogP contribution is -1.83. The number of halogens is 1. The maximum absolute atomic E-state index is 10.6.